The van der Waals surface area contributed by atoms with E-state index in [1.807, 2.05) is 55.5 Å². The fourth-order valence-corrected chi connectivity index (χ4v) is 2.70. The maximum Gasteiger partial charge on any atom is 0.183 e. The van der Waals surface area contributed by atoms with Gasteiger partial charge in [-0.1, -0.05) is 36.4 Å². The number of aryl methyl sites for hydroxylation is 1. The van der Waals surface area contributed by atoms with E-state index in [0.717, 1.165) is 39.3 Å². The average Bonchev–Trinajstić information content (AvgIpc) is 3.01. The van der Waals surface area contributed by atoms with Gasteiger partial charge in [0.25, 0.3) is 0 Å². The molecule has 0 aliphatic heterocycles. The molecule has 0 radical (unpaired) electrons. The molecule has 0 bridgehead atoms. The van der Waals surface area contributed by atoms with E-state index in [-0.39, 0.29) is 0 Å². The van der Waals surface area contributed by atoms with E-state index >= 15 is 0 Å². The van der Waals surface area contributed by atoms with Gasteiger partial charge in [-0.15, -0.1) is 10.2 Å². The van der Waals surface area contributed by atoms with Crippen molar-refractivity contribution in [1.29, 1.82) is 0 Å². The van der Waals surface area contributed by atoms with E-state index < -0.39 is 0 Å². The van der Waals surface area contributed by atoms with Crippen LogP contribution in [-0.4, -0.2) is 19.6 Å². The number of hydrogen-bond donors (Lipinski definition) is 1. The minimum absolute atomic E-state index is 0.535. The zero-order chi connectivity index (χ0) is 15.1. The third-order valence-electron chi connectivity index (χ3n) is 3.85. The molecule has 2 aromatic carbocycles. The van der Waals surface area contributed by atoms with Crippen LogP contribution >= 0.6 is 0 Å². The Balaban J connectivity index is 2.05. The van der Waals surface area contributed by atoms with Crippen LogP contribution < -0.4 is 5.73 Å². The Morgan fingerprint density at radius 1 is 1.00 bits per heavy atom. The Kier molecular flexibility index (Phi) is 2.87. The second-order valence-corrected chi connectivity index (χ2v) is 5.27. The lowest BCUT2D eigenvalue weighted by atomic mass is 10.1. The van der Waals surface area contributed by atoms with Gasteiger partial charge in [0.15, 0.2) is 11.5 Å². The molecule has 2 aromatic heterocycles. The SMILES string of the molecule is Cc1nc2ccccc2n2c(-c3ccc(CN)cc3)nnc12. The first-order valence-electron chi connectivity index (χ1n) is 7.18. The number of rotatable bonds is 2. The van der Waals surface area contributed by atoms with Crippen LogP contribution in [0.4, 0.5) is 0 Å². The summed E-state index contributed by atoms with van der Waals surface area (Å²) in [6, 6.07) is 16.1. The van der Waals surface area contributed by atoms with Gasteiger partial charge in [-0.25, -0.2) is 4.98 Å². The number of hydrogen-bond acceptors (Lipinski definition) is 4. The number of nitrogens with zero attached hydrogens (tertiary/aromatic N) is 4. The Hall–Kier alpha value is -2.79. The maximum absolute atomic E-state index is 5.66. The minimum Gasteiger partial charge on any atom is -0.326 e. The monoisotopic (exact) mass is 289 g/mol. The molecule has 0 unspecified atom stereocenters. The lowest BCUT2D eigenvalue weighted by molar-refractivity contribution is 1.07. The van der Waals surface area contributed by atoms with Gasteiger partial charge in [0.2, 0.25) is 0 Å². The van der Waals surface area contributed by atoms with Crippen molar-refractivity contribution < 1.29 is 0 Å². The van der Waals surface area contributed by atoms with Gasteiger partial charge in [-0.3, -0.25) is 4.40 Å². The fraction of sp³-hybridized carbons (Fsp3) is 0.118. The van der Waals surface area contributed by atoms with Gasteiger partial charge in [0.1, 0.15) is 0 Å². The molecule has 0 saturated heterocycles. The molecule has 0 aliphatic carbocycles. The summed E-state index contributed by atoms with van der Waals surface area (Å²) >= 11 is 0. The van der Waals surface area contributed by atoms with Gasteiger partial charge in [0.05, 0.1) is 16.7 Å². The molecular formula is C17H15N5. The second kappa shape index (κ2) is 4.89. The smallest absolute Gasteiger partial charge is 0.183 e. The van der Waals surface area contributed by atoms with Crippen molar-refractivity contribution in [2.75, 3.05) is 0 Å². The lowest BCUT2D eigenvalue weighted by Crippen LogP contribution is -1.98. The minimum atomic E-state index is 0.535. The first kappa shape index (κ1) is 12.9. The average molecular weight is 289 g/mol. The summed E-state index contributed by atoms with van der Waals surface area (Å²) in [5, 5.41) is 8.69. The quantitative estimate of drug-likeness (QED) is 0.616. The van der Waals surface area contributed by atoms with Crippen LogP contribution in [-0.2, 0) is 6.54 Å². The standard InChI is InChI=1S/C17H15N5/c1-11-16-20-21-17(13-8-6-12(10-18)7-9-13)22(16)15-5-3-2-4-14(15)19-11/h2-9H,10,18H2,1H3. The molecule has 22 heavy (non-hydrogen) atoms. The molecule has 0 atom stereocenters. The summed E-state index contributed by atoms with van der Waals surface area (Å²) in [5.41, 5.74) is 11.4. The number of nitrogens with two attached hydrogens (primary N) is 1. The van der Waals surface area contributed by atoms with E-state index in [9.17, 15) is 0 Å². The molecule has 0 spiro atoms. The van der Waals surface area contributed by atoms with E-state index in [1.165, 1.54) is 0 Å². The number of fused-ring (bicyclic) bond motifs is 3. The van der Waals surface area contributed by atoms with Gasteiger partial charge in [-0.05, 0) is 24.6 Å². The molecule has 5 heteroatoms. The predicted octanol–water partition coefficient (Wildman–Crippen LogP) is 2.71. The molecule has 0 amide bonds. The molecule has 2 N–H and O–H groups in total. The summed E-state index contributed by atoms with van der Waals surface area (Å²) < 4.78 is 2.06. The molecule has 0 fully saturated rings. The summed E-state index contributed by atoms with van der Waals surface area (Å²) in [6.45, 7) is 2.49. The maximum atomic E-state index is 5.66. The molecule has 4 aromatic rings. The molecule has 0 aliphatic rings. The Bertz CT molecular complexity index is 970. The van der Waals surface area contributed by atoms with Crippen LogP contribution in [0.1, 0.15) is 11.3 Å². The molecular weight excluding hydrogens is 274 g/mol. The number of aromatic nitrogens is 4. The van der Waals surface area contributed by atoms with Crippen molar-refractivity contribution in [2.45, 2.75) is 13.5 Å². The third-order valence-corrected chi connectivity index (χ3v) is 3.85. The zero-order valence-corrected chi connectivity index (χ0v) is 12.2. The molecule has 5 nitrogen and oxygen atoms in total. The van der Waals surface area contributed by atoms with Gasteiger partial charge < -0.3 is 5.73 Å². The van der Waals surface area contributed by atoms with E-state index in [2.05, 4.69) is 19.6 Å². The van der Waals surface area contributed by atoms with Crippen molar-refractivity contribution in [2.24, 2.45) is 5.73 Å². The van der Waals surface area contributed by atoms with Crippen LogP contribution in [0.2, 0.25) is 0 Å². The normalized spacial score (nSPS) is 11.4. The van der Waals surface area contributed by atoms with Gasteiger partial charge in [-0.2, -0.15) is 0 Å². The highest BCUT2D eigenvalue weighted by molar-refractivity contribution is 5.81. The van der Waals surface area contributed by atoms with E-state index in [0.29, 0.717) is 6.54 Å². The largest absolute Gasteiger partial charge is 0.326 e. The highest BCUT2D eigenvalue weighted by Gasteiger charge is 2.13. The first-order chi connectivity index (χ1) is 10.8. The summed E-state index contributed by atoms with van der Waals surface area (Å²) in [4.78, 5) is 4.60. The molecule has 108 valence electrons. The summed E-state index contributed by atoms with van der Waals surface area (Å²) in [7, 11) is 0. The van der Waals surface area contributed by atoms with Crippen molar-refractivity contribution >= 4 is 16.7 Å². The zero-order valence-electron chi connectivity index (χ0n) is 12.2. The van der Waals surface area contributed by atoms with Crippen molar-refractivity contribution in [3.63, 3.8) is 0 Å². The van der Waals surface area contributed by atoms with E-state index in [4.69, 9.17) is 5.73 Å². The molecule has 4 rings (SSSR count). The van der Waals surface area contributed by atoms with Gasteiger partial charge in [0, 0.05) is 12.1 Å². The highest BCUT2D eigenvalue weighted by atomic mass is 15.3. The van der Waals surface area contributed by atoms with E-state index in [1.54, 1.807) is 0 Å². The van der Waals surface area contributed by atoms with Crippen LogP contribution in [0.25, 0.3) is 28.1 Å². The Morgan fingerprint density at radius 3 is 2.55 bits per heavy atom. The van der Waals surface area contributed by atoms with Crippen molar-refractivity contribution in [3.8, 4) is 11.4 Å². The Labute approximate surface area is 127 Å². The fourth-order valence-electron chi connectivity index (χ4n) is 2.70. The first-order valence-corrected chi connectivity index (χ1v) is 7.18. The molecule has 2 heterocycles. The van der Waals surface area contributed by atoms with Crippen LogP contribution in [0.3, 0.4) is 0 Å². The van der Waals surface area contributed by atoms with Crippen LogP contribution in [0.15, 0.2) is 48.5 Å². The predicted molar refractivity (Wildman–Crippen MR) is 86.4 cm³/mol. The summed E-state index contributed by atoms with van der Waals surface area (Å²) in [6.07, 6.45) is 0. The van der Waals surface area contributed by atoms with Crippen molar-refractivity contribution in [3.05, 3.63) is 59.8 Å². The van der Waals surface area contributed by atoms with Gasteiger partial charge >= 0.3 is 0 Å². The lowest BCUT2D eigenvalue weighted by Gasteiger charge is -2.06. The van der Waals surface area contributed by atoms with Crippen LogP contribution in [0.5, 0.6) is 0 Å². The summed E-state index contributed by atoms with van der Waals surface area (Å²) in [5.74, 6) is 0.820. The highest BCUT2D eigenvalue weighted by Crippen LogP contribution is 2.24. The van der Waals surface area contributed by atoms with Crippen molar-refractivity contribution in [1.82, 2.24) is 19.6 Å². The molecule has 0 saturated carbocycles. The third kappa shape index (κ3) is 1.87. The van der Waals surface area contributed by atoms with Crippen LogP contribution in [0, 0.1) is 6.92 Å². The topological polar surface area (TPSA) is 69.1 Å². The Morgan fingerprint density at radius 2 is 1.77 bits per heavy atom. The second-order valence-electron chi connectivity index (χ2n) is 5.27. The number of benzene rings is 2. The number of para-hydroxylation sites is 2.